The van der Waals surface area contributed by atoms with Crippen LogP contribution in [0.15, 0.2) is 64.4 Å². The molecule has 1 saturated heterocycles. The second-order valence-corrected chi connectivity index (χ2v) is 9.05. The Bertz CT molecular complexity index is 1240. The molecular weight excluding hydrogens is 442 g/mol. The minimum atomic E-state index is -0.310. The van der Waals surface area contributed by atoms with E-state index in [4.69, 9.17) is 17.0 Å². The fourth-order valence-electron chi connectivity index (χ4n) is 3.40. The summed E-state index contributed by atoms with van der Waals surface area (Å²) in [6, 6.07) is 14.4. The third kappa shape index (κ3) is 4.76. The molecule has 3 heterocycles. The number of nitrogens with zero attached hydrogens (tertiary/aromatic N) is 3. The van der Waals surface area contributed by atoms with Crippen LogP contribution in [0.25, 0.3) is 11.7 Å². The van der Waals surface area contributed by atoms with Gasteiger partial charge in [0.1, 0.15) is 21.3 Å². The van der Waals surface area contributed by atoms with E-state index in [0.717, 1.165) is 25.7 Å². The third-order valence-corrected chi connectivity index (χ3v) is 6.45. The topological polar surface area (TPSA) is 63.9 Å². The highest BCUT2D eigenvalue weighted by Gasteiger charge is 2.32. The number of unbranched alkanes of at least 4 members (excludes halogenated alkanes) is 3. The van der Waals surface area contributed by atoms with E-state index >= 15 is 0 Å². The molecule has 0 saturated carbocycles. The summed E-state index contributed by atoms with van der Waals surface area (Å²) in [6.07, 6.45) is 7.41. The van der Waals surface area contributed by atoms with E-state index in [9.17, 15) is 9.59 Å². The number of rotatable bonds is 8. The highest BCUT2D eigenvalue weighted by Crippen LogP contribution is 2.34. The standard InChI is InChI=1S/C24H23N3O3S2/c1-2-3-4-9-15-27-23(29)19(32-24(27)31)16-18-21(30-17-11-6-5-7-12-17)25-20-13-8-10-14-26(20)22(18)28/h5-8,10-14,16H,2-4,9,15H2,1H3/b19-16-. The minimum Gasteiger partial charge on any atom is -0.438 e. The first-order valence-electron chi connectivity index (χ1n) is 10.6. The summed E-state index contributed by atoms with van der Waals surface area (Å²) in [5.74, 6) is 0.526. The van der Waals surface area contributed by atoms with Crippen molar-refractivity contribution < 1.29 is 9.53 Å². The van der Waals surface area contributed by atoms with Crippen molar-refractivity contribution >= 4 is 45.9 Å². The van der Waals surface area contributed by atoms with E-state index < -0.39 is 0 Å². The van der Waals surface area contributed by atoms with Crippen LogP contribution in [0.2, 0.25) is 0 Å². The quantitative estimate of drug-likeness (QED) is 0.257. The molecule has 4 rings (SSSR count). The third-order valence-electron chi connectivity index (χ3n) is 5.08. The minimum absolute atomic E-state index is 0.153. The van der Waals surface area contributed by atoms with Gasteiger partial charge in [-0.1, -0.05) is 74.4 Å². The van der Waals surface area contributed by atoms with Crippen molar-refractivity contribution in [3.8, 4) is 11.6 Å². The smallest absolute Gasteiger partial charge is 0.269 e. The lowest BCUT2D eigenvalue weighted by Gasteiger charge is -2.13. The molecule has 1 amide bonds. The van der Waals surface area contributed by atoms with Crippen molar-refractivity contribution in [3.63, 3.8) is 0 Å². The van der Waals surface area contributed by atoms with Crippen LogP contribution in [0, 0.1) is 0 Å². The number of benzene rings is 1. The summed E-state index contributed by atoms with van der Waals surface area (Å²) in [4.78, 5) is 32.8. The summed E-state index contributed by atoms with van der Waals surface area (Å²) >= 11 is 6.64. The van der Waals surface area contributed by atoms with Crippen LogP contribution in [-0.4, -0.2) is 31.1 Å². The van der Waals surface area contributed by atoms with Gasteiger partial charge in [0, 0.05) is 12.7 Å². The second-order valence-electron chi connectivity index (χ2n) is 7.37. The van der Waals surface area contributed by atoms with Gasteiger partial charge in [-0.05, 0) is 36.8 Å². The first kappa shape index (κ1) is 22.2. The van der Waals surface area contributed by atoms with Crippen LogP contribution < -0.4 is 10.3 Å². The fraction of sp³-hybridized carbons (Fsp3) is 0.250. The molecule has 2 aromatic heterocycles. The number of thioether (sulfide) groups is 1. The first-order chi connectivity index (χ1) is 15.6. The molecule has 3 aromatic rings. The fourth-order valence-corrected chi connectivity index (χ4v) is 4.69. The molecule has 0 atom stereocenters. The van der Waals surface area contributed by atoms with E-state index in [-0.39, 0.29) is 22.9 Å². The van der Waals surface area contributed by atoms with Crippen LogP contribution in [0.4, 0.5) is 0 Å². The molecule has 1 aliphatic rings. The van der Waals surface area contributed by atoms with E-state index in [1.54, 1.807) is 47.5 Å². The van der Waals surface area contributed by atoms with Crippen molar-refractivity contribution in [2.24, 2.45) is 0 Å². The van der Waals surface area contributed by atoms with Crippen LogP contribution in [-0.2, 0) is 4.79 Å². The Morgan fingerprint density at radius 3 is 2.62 bits per heavy atom. The zero-order valence-electron chi connectivity index (χ0n) is 17.7. The van der Waals surface area contributed by atoms with Crippen molar-refractivity contribution in [1.29, 1.82) is 0 Å². The summed E-state index contributed by atoms with van der Waals surface area (Å²) in [5, 5.41) is 0. The number of carbonyl (C=O) groups excluding carboxylic acids is 1. The number of para-hydroxylation sites is 1. The number of amides is 1. The molecule has 0 unspecified atom stereocenters. The van der Waals surface area contributed by atoms with Crippen molar-refractivity contribution in [2.75, 3.05) is 6.54 Å². The molecule has 0 radical (unpaired) electrons. The highest BCUT2D eigenvalue weighted by atomic mass is 32.2. The zero-order valence-corrected chi connectivity index (χ0v) is 19.3. The maximum atomic E-state index is 13.3. The Hall–Kier alpha value is -2.97. The van der Waals surface area contributed by atoms with Crippen molar-refractivity contribution in [1.82, 2.24) is 14.3 Å². The van der Waals surface area contributed by atoms with E-state index in [1.165, 1.54) is 16.2 Å². The van der Waals surface area contributed by atoms with Gasteiger partial charge in [0.2, 0.25) is 5.88 Å². The van der Waals surface area contributed by atoms with Gasteiger partial charge in [0.05, 0.1) is 4.91 Å². The van der Waals surface area contributed by atoms with Crippen LogP contribution in [0.5, 0.6) is 11.6 Å². The maximum Gasteiger partial charge on any atom is 0.269 e. The van der Waals surface area contributed by atoms with E-state index in [2.05, 4.69) is 11.9 Å². The van der Waals surface area contributed by atoms with Crippen molar-refractivity contribution in [2.45, 2.75) is 32.6 Å². The first-order valence-corrected chi connectivity index (χ1v) is 11.8. The highest BCUT2D eigenvalue weighted by molar-refractivity contribution is 8.26. The molecule has 1 fully saturated rings. The van der Waals surface area contributed by atoms with Gasteiger partial charge < -0.3 is 4.74 Å². The average Bonchev–Trinajstić information content (AvgIpc) is 3.07. The number of thiocarbonyl (C=S) groups is 1. The molecule has 0 bridgehead atoms. The Morgan fingerprint density at radius 1 is 1.06 bits per heavy atom. The zero-order chi connectivity index (χ0) is 22.5. The number of pyridine rings is 1. The average molecular weight is 466 g/mol. The number of hydrogen-bond acceptors (Lipinski definition) is 6. The lowest BCUT2D eigenvalue weighted by atomic mass is 10.2. The van der Waals surface area contributed by atoms with Gasteiger partial charge >= 0.3 is 0 Å². The molecule has 1 aromatic carbocycles. The summed E-state index contributed by atoms with van der Waals surface area (Å²) in [5.41, 5.74) is 0.364. The summed E-state index contributed by atoms with van der Waals surface area (Å²) < 4.78 is 7.90. The largest absolute Gasteiger partial charge is 0.438 e. The van der Waals surface area contributed by atoms with E-state index in [0.29, 0.717) is 27.2 Å². The predicted molar refractivity (Wildman–Crippen MR) is 132 cm³/mol. The Labute approximate surface area is 195 Å². The summed E-state index contributed by atoms with van der Waals surface area (Å²) in [7, 11) is 0. The van der Waals surface area contributed by atoms with E-state index in [1.807, 2.05) is 18.2 Å². The molecule has 32 heavy (non-hydrogen) atoms. The number of carbonyl (C=O) groups is 1. The molecule has 1 aliphatic heterocycles. The van der Waals surface area contributed by atoms with Crippen LogP contribution in [0.1, 0.15) is 38.2 Å². The second kappa shape index (κ2) is 10.1. The molecule has 0 N–H and O–H groups in total. The molecule has 0 spiro atoms. The van der Waals surface area contributed by atoms with Gasteiger partial charge in [0.25, 0.3) is 11.5 Å². The van der Waals surface area contributed by atoms with Crippen LogP contribution >= 0.6 is 24.0 Å². The lowest BCUT2D eigenvalue weighted by Crippen LogP contribution is -2.29. The van der Waals surface area contributed by atoms with Gasteiger partial charge in [-0.25, -0.2) is 0 Å². The number of aromatic nitrogens is 2. The van der Waals surface area contributed by atoms with Gasteiger partial charge in [-0.3, -0.25) is 18.9 Å². The summed E-state index contributed by atoms with van der Waals surface area (Å²) in [6.45, 7) is 2.73. The lowest BCUT2D eigenvalue weighted by molar-refractivity contribution is -0.122. The molecular formula is C24H23N3O3S2. The predicted octanol–water partition coefficient (Wildman–Crippen LogP) is 5.27. The molecule has 164 valence electrons. The Morgan fingerprint density at radius 2 is 1.84 bits per heavy atom. The van der Waals surface area contributed by atoms with Gasteiger partial charge in [-0.15, -0.1) is 0 Å². The SMILES string of the molecule is CCCCCCN1C(=O)/C(=C/c2c(Oc3ccccc3)nc3ccccn3c2=O)SC1=S. The number of ether oxygens (including phenoxy) is 1. The monoisotopic (exact) mass is 465 g/mol. The van der Waals surface area contributed by atoms with Crippen LogP contribution in [0.3, 0.4) is 0 Å². The molecule has 6 nitrogen and oxygen atoms in total. The molecule has 8 heteroatoms. The van der Waals surface area contributed by atoms with Gasteiger partial charge in [-0.2, -0.15) is 4.98 Å². The normalized spacial score (nSPS) is 15.2. The van der Waals surface area contributed by atoms with Crippen molar-refractivity contribution in [3.05, 3.63) is 75.6 Å². The van der Waals surface area contributed by atoms with Gasteiger partial charge in [0.15, 0.2) is 0 Å². The number of hydrogen-bond donors (Lipinski definition) is 0. The Balaban J connectivity index is 1.71. The molecule has 0 aliphatic carbocycles. The Kier molecular flexibility index (Phi) is 7.02. The maximum absolute atomic E-state index is 13.3. The number of fused-ring (bicyclic) bond motifs is 1.